The largest absolute Gasteiger partial charge is 0.348 e. The van der Waals surface area contributed by atoms with Crippen LogP contribution in [-0.4, -0.2) is 43.6 Å². The third kappa shape index (κ3) is 7.28. The molecule has 2 aromatic carbocycles. The number of hydrogen-bond donors (Lipinski definition) is 1. The van der Waals surface area contributed by atoms with Crippen molar-refractivity contribution >= 4 is 17.5 Å². The molecule has 1 spiro atoms. The van der Waals surface area contributed by atoms with Gasteiger partial charge in [0.1, 0.15) is 23.0 Å². The second-order valence-electron chi connectivity index (χ2n) is 14.6. The maximum atomic E-state index is 14.5. The number of nitrogens with zero attached hydrogens (tertiary/aromatic N) is 6. The average Bonchev–Trinajstić information content (AvgIpc) is 3.58. The molecule has 45 heavy (non-hydrogen) atoms. The van der Waals surface area contributed by atoms with Gasteiger partial charge < -0.3 is 15.3 Å². The van der Waals surface area contributed by atoms with Crippen molar-refractivity contribution < 1.29 is 18.4 Å². The number of carbonyl (C=O) groups excluding carboxylic acids is 2. The zero-order chi connectivity index (χ0) is 32.6. The maximum Gasteiger partial charge on any atom is 0.275 e. The highest BCUT2D eigenvalue weighted by molar-refractivity contribution is 6.46. The first kappa shape index (κ1) is 32.4. The molecule has 0 saturated heterocycles. The lowest BCUT2D eigenvalue weighted by atomic mass is 9.69. The standard InChI is InChI=1S/C34H43F2N7O2/c1-32(2,3)14-13-27(21-7-9-22(10-8-21)30(44)37-20-28-39-41-42-40-28)43-31(45)29(23-17-25(35)19-26(36)18-23)38-34(43)15-11-24(12-16-34)33(4,5)6/h7-10,17-19,24,27H,11-16,20H2,1-6H3,(H2,37,39,40,41,42,44)/p-1/t24?,27-,34?/m1/s1. The van der Waals surface area contributed by atoms with Crippen LogP contribution in [0.15, 0.2) is 47.5 Å². The van der Waals surface area contributed by atoms with Crippen molar-refractivity contribution in [1.82, 2.24) is 30.8 Å². The van der Waals surface area contributed by atoms with Gasteiger partial charge in [-0.25, -0.2) is 8.78 Å². The summed E-state index contributed by atoms with van der Waals surface area (Å²) < 4.78 is 28.7. The molecule has 0 unspecified atom stereocenters. The Labute approximate surface area is 263 Å². The zero-order valence-electron chi connectivity index (χ0n) is 26.9. The quantitative estimate of drug-likeness (QED) is 0.323. The summed E-state index contributed by atoms with van der Waals surface area (Å²) in [7, 11) is 0. The fourth-order valence-corrected chi connectivity index (χ4v) is 6.59. The van der Waals surface area contributed by atoms with Gasteiger partial charge in [-0.3, -0.25) is 24.9 Å². The molecule has 240 valence electrons. The second-order valence-corrected chi connectivity index (χ2v) is 14.6. The van der Waals surface area contributed by atoms with E-state index in [0.717, 1.165) is 30.9 Å². The van der Waals surface area contributed by atoms with E-state index >= 15 is 0 Å². The lowest BCUT2D eigenvalue weighted by Crippen LogP contribution is -2.51. The predicted octanol–water partition coefficient (Wildman–Crippen LogP) is 6.17. The van der Waals surface area contributed by atoms with Crippen molar-refractivity contribution in [2.24, 2.45) is 21.7 Å². The van der Waals surface area contributed by atoms with Crippen LogP contribution >= 0.6 is 0 Å². The molecule has 1 aliphatic heterocycles. The molecule has 1 N–H and O–H groups in total. The Morgan fingerprint density at radius 2 is 1.69 bits per heavy atom. The van der Waals surface area contributed by atoms with Crippen LogP contribution in [0.3, 0.4) is 0 Å². The van der Waals surface area contributed by atoms with Crippen LogP contribution in [0.1, 0.15) is 113 Å². The molecule has 3 aromatic rings. The first-order chi connectivity index (χ1) is 21.1. The summed E-state index contributed by atoms with van der Waals surface area (Å²) in [6, 6.07) is 10.0. The molecule has 0 radical (unpaired) electrons. The molecule has 2 amide bonds. The minimum absolute atomic E-state index is 0.0140. The Balaban J connectivity index is 1.51. The highest BCUT2D eigenvalue weighted by atomic mass is 19.1. The topological polar surface area (TPSA) is 115 Å². The van der Waals surface area contributed by atoms with Crippen molar-refractivity contribution in [1.29, 1.82) is 0 Å². The van der Waals surface area contributed by atoms with E-state index in [1.54, 1.807) is 12.1 Å². The maximum absolute atomic E-state index is 14.5. The van der Waals surface area contributed by atoms with Gasteiger partial charge in [0.2, 0.25) is 0 Å². The van der Waals surface area contributed by atoms with Gasteiger partial charge in [-0.2, -0.15) is 5.21 Å². The smallest absolute Gasteiger partial charge is 0.275 e. The molecule has 2 aliphatic rings. The van der Waals surface area contributed by atoms with Crippen LogP contribution in [-0.2, 0) is 11.3 Å². The molecule has 1 atom stereocenters. The number of aliphatic imine (C=N–C) groups is 1. The summed E-state index contributed by atoms with van der Waals surface area (Å²) >= 11 is 0. The van der Waals surface area contributed by atoms with Crippen LogP contribution in [0.5, 0.6) is 0 Å². The molecule has 1 saturated carbocycles. The number of aromatic nitrogens is 4. The van der Waals surface area contributed by atoms with Gasteiger partial charge in [0.25, 0.3) is 11.8 Å². The molecule has 0 bridgehead atoms. The predicted molar refractivity (Wildman–Crippen MR) is 166 cm³/mol. The normalized spacial score (nSPS) is 21.2. The fourth-order valence-electron chi connectivity index (χ4n) is 6.59. The Hall–Kier alpha value is -4.02. The number of halogens is 2. The van der Waals surface area contributed by atoms with Gasteiger partial charge >= 0.3 is 0 Å². The number of hydrogen-bond acceptors (Lipinski definition) is 6. The van der Waals surface area contributed by atoms with Crippen LogP contribution in [0, 0.1) is 28.4 Å². The van der Waals surface area contributed by atoms with Gasteiger partial charge in [-0.15, -0.1) is 0 Å². The first-order valence-electron chi connectivity index (χ1n) is 15.6. The zero-order valence-corrected chi connectivity index (χ0v) is 26.9. The van der Waals surface area contributed by atoms with E-state index in [9.17, 15) is 18.4 Å². The van der Waals surface area contributed by atoms with Gasteiger partial charge in [0, 0.05) is 29.6 Å². The van der Waals surface area contributed by atoms with Crippen LogP contribution in [0.2, 0.25) is 0 Å². The fraction of sp³-hybridized carbons (Fsp3) is 0.529. The number of rotatable bonds is 8. The van der Waals surface area contributed by atoms with Crippen LogP contribution < -0.4 is 10.4 Å². The van der Waals surface area contributed by atoms with E-state index in [0.29, 0.717) is 36.6 Å². The highest BCUT2D eigenvalue weighted by Gasteiger charge is 2.52. The molecule has 1 aliphatic carbocycles. The SMILES string of the molecule is CC(C)(C)CC[C@H](c1ccc(C(=O)NCc2nnn[n-]2)cc1)N1C(=O)C(c2cc(F)cc(F)c2)=NC12CCC(C(C)(C)C)CC2. The van der Waals surface area contributed by atoms with E-state index in [4.69, 9.17) is 4.99 Å². The van der Waals surface area contributed by atoms with E-state index in [1.165, 1.54) is 12.1 Å². The third-order valence-corrected chi connectivity index (χ3v) is 9.14. The number of benzene rings is 2. The summed E-state index contributed by atoms with van der Waals surface area (Å²) in [4.78, 5) is 34.3. The van der Waals surface area contributed by atoms with E-state index in [1.807, 2.05) is 17.0 Å². The van der Waals surface area contributed by atoms with Gasteiger partial charge in [0.15, 0.2) is 0 Å². The molecule has 1 aromatic heterocycles. The Kier molecular flexibility index (Phi) is 8.92. The molecule has 1 fully saturated rings. The number of tetrazole rings is 1. The van der Waals surface area contributed by atoms with Crippen molar-refractivity contribution in [3.8, 4) is 0 Å². The first-order valence-corrected chi connectivity index (χ1v) is 15.6. The van der Waals surface area contributed by atoms with Crippen LogP contribution in [0.25, 0.3) is 0 Å². The van der Waals surface area contributed by atoms with E-state index in [2.05, 4.69) is 67.5 Å². The molecule has 5 rings (SSSR count). The lowest BCUT2D eigenvalue weighted by Gasteiger charge is -2.47. The van der Waals surface area contributed by atoms with Crippen molar-refractivity contribution in [3.05, 3.63) is 76.6 Å². The average molecular weight is 619 g/mol. The number of carbonyl (C=O) groups is 2. The summed E-state index contributed by atoms with van der Waals surface area (Å²) in [6.07, 6.45) is 4.54. The van der Waals surface area contributed by atoms with Crippen molar-refractivity contribution in [3.63, 3.8) is 0 Å². The Morgan fingerprint density at radius 3 is 2.24 bits per heavy atom. The van der Waals surface area contributed by atoms with E-state index < -0.39 is 17.3 Å². The van der Waals surface area contributed by atoms with Gasteiger partial charge in [0.05, 0.1) is 6.04 Å². The van der Waals surface area contributed by atoms with Gasteiger partial charge in [-0.1, -0.05) is 53.7 Å². The molecular weight excluding hydrogens is 576 g/mol. The Bertz CT molecular complexity index is 1530. The minimum atomic E-state index is -0.836. The highest BCUT2D eigenvalue weighted by Crippen LogP contribution is 2.50. The lowest BCUT2D eigenvalue weighted by molar-refractivity contribution is -0.134. The molecule has 2 heterocycles. The molecule has 11 heteroatoms. The van der Waals surface area contributed by atoms with Crippen molar-refractivity contribution in [2.75, 3.05) is 0 Å². The number of nitrogens with one attached hydrogen (secondary N) is 1. The number of amides is 2. The van der Waals surface area contributed by atoms with Crippen LogP contribution in [0.4, 0.5) is 8.78 Å². The third-order valence-electron chi connectivity index (χ3n) is 9.14. The second kappa shape index (κ2) is 12.4. The molecule has 9 nitrogen and oxygen atoms in total. The minimum Gasteiger partial charge on any atom is -0.348 e. The monoisotopic (exact) mass is 618 g/mol. The summed E-state index contributed by atoms with van der Waals surface area (Å²) in [5.41, 5.74) is 0.822. The Morgan fingerprint density at radius 1 is 1.04 bits per heavy atom. The van der Waals surface area contributed by atoms with E-state index in [-0.39, 0.29) is 46.5 Å². The summed E-state index contributed by atoms with van der Waals surface area (Å²) in [5, 5.41) is 17.1. The molecular formula is C34H42F2N7O2-. The summed E-state index contributed by atoms with van der Waals surface area (Å²) in [5.74, 6) is -1.35. The summed E-state index contributed by atoms with van der Waals surface area (Å²) in [6.45, 7) is 13.3. The van der Waals surface area contributed by atoms with Gasteiger partial charge in [-0.05, 0) is 85.1 Å². The van der Waals surface area contributed by atoms with Crippen molar-refractivity contribution in [2.45, 2.75) is 98.3 Å².